The summed E-state index contributed by atoms with van der Waals surface area (Å²) in [5, 5.41) is 14.3. The van der Waals surface area contributed by atoms with Gasteiger partial charge in [-0.25, -0.2) is 8.42 Å². The summed E-state index contributed by atoms with van der Waals surface area (Å²) in [4.78, 5) is 0. The highest BCUT2D eigenvalue weighted by Gasteiger charge is 2.23. The standard InChI is InChI=1S/C13H20N4O2S3/c1-22(18,19)11(21-13(16)17)8-10-4-2-9(3-5-10)6-7-20-12(14)15/h2-5,11H,6-8H2,1H3,(H3,14,15)(H3,16,17)/t11-/m1/s1. The molecule has 1 aromatic rings. The molecule has 0 aromatic heterocycles. The Morgan fingerprint density at radius 1 is 1.14 bits per heavy atom. The van der Waals surface area contributed by atoms with Crippen molar-refractivity contribution in [3.8, 4) is 0 Å². The number of rotatable bonds is 7. The van der Waals surface area contributed by atoms with E-state index in [0.717, 1.165) is 41.3 Å². The van der Waals surface area contributed by atoms with Crippen molar-refractivity contribution >= 4 is 43.7 Å². The monoisotopic (exact) mass is 360 g/mol. The van der Waals surface area contributed by atoms with Gasteiger partial charge in [0.15, 0.2) is 20.2 Å². The average Bonchev–Trinajstić information content (AvgIpc) is 2.38. The Labute approximate surface area is 139 Å². The van der Waals surface area contributed by atoms with Gasteiger partial charge < -0.3 is 11.5 Å². The van der Waals surface area contributed by atoms with Crippen LogP contribution in [0.15, 0.2) is 24.3 Å². The van der Waals surface area contributed by atoms with Gasteiger partial charge >= 0.3 is 0 Å². The first-order valence-corrected chi connectivity index (χ1v) is 10.2. The summed E-state index contributed by atoms with van der Waals surface area (Å²) < 4.78 is 22.7. The maximum atomic E-state index is 11.7. The molecule has 1 aromatic carbocycles. The van der Waals surface area contributed by atoms with Crippen molar-refractivity contribution in [2.24, 2.45) is 11.5 Å². The zero-order chi connectivity index (χ0) is 16.8. The molecule has 0 radical (unpaired) electrons. The van der Waals surface area contributed by atoms with Crippen molar-refractivity contribution in [2.45, 2.75) is 17.4 Å². The summed E-state index contributed by atoms with van der Waals surface area (Å²) in [6, 6.07) is 7.64. The summed E-state index contributed by atoms with van der Waals surface area (Å²) in [6.45, 7) is 0. The Morgan fingerprint density at radius 2 is 1.68 bits per heavy atom. The van der Waals surface area contributed by atoms with Crippen LogP contribution in [0.1, 0.15) is 11.1 Å². The molecule has 0 saturated carbocycles. The van der Waals surface area contributed by atoms with Crippen molar-refractivity contribution in [2.75, 3.05) is 12.0 Å². The largest absolute Gasteiger partial charge is 0.379 e. The third-order valence-corrected chi connectivity index (χ3v) is 6.67. The van der Waals surface area contributed by atoms with Gasteiger partial charge in [-0.3, -0.25) is 10.8 Å². The highest BCUT2D eigenvalue weighted by Crippen LogP contribution is 2.21. The van der Waals surface area contributed by atoms with Gasteiger partial charge in [0.2, 0.25) is 0 Å². The van der Waals surface area contributed by atoms with Gasteiger partial charge in [0, 0.05) is 12.0 Å². The van der Waals surface area contributed by atoms with E-state index in [1.807, 2.05) is 24.3 Å². The third-order valence-electron chi connectivity index (χ3n) is 2.81. The Bertz CT molecular complexity index is 629. The molecule has 22 heavy (non-hydrogen) atoms. The van der Waals surface area contributed by atoms with E-state index in [9.17, 15) is 8.42 Å². The smallest absolute Gasteiger partial charge is 0.160 e. The van der Waals surface area contributed by atoms with Gasteiger partial charge in [-0.15, -0.1) is 0 Å². The van der Waals surface area contributed by atoms with Crippen LogP contribution in [0.2, 0.25) is 0 Å². The molecule has 0 aliphatic carbocycles. The summed E-state index contributed by atoms with van der Waals surface area (Å²) in [7, 11) is -3.29. The molecule has 0 bridgehead atoms. The fourth-order valence-electron chi connectivity index (χ4n) is 1.74. The quantitative estimate of drug-likeness (QED) is 0.429. The van der Waals surface area contributed by atoms with Crippen LogP contribution in [0, 0.1) is 10.8 Å². The molecule has 0 heterocycles. The van der Waals surface area contributed by atoms with Gasteiger partial charge in [0.25, 0.3) is 0 Å². The third kappa shape index (κ3) is 7.19. The number of nitrogens with two attached hydrogens (primary N) is 2. The topological polar surface area (TPSA) is 134 Å². The molecule has 0 spiro atoms. The molecular formula is C13H20N4O2S3. The predicted octanol–water partition coefficient (Wildman–Crippen LogP) is 1.40. The number of nitrogens with one attached hydrogen (secondary N) is 2. The molecule has 9 heteroatoms. The maximum Gasteiger partial charge on any atom is 0.160 e. The molecule has 0 amide bonds. The van der Waals surface area contributed by atoms with Crippen molar-refractivity contribution in [1.82, 2.24) is 0 Å². The Morgan fingerprint density at radius 3 is 2.14 bits per heavy atom. The number of hydrogen-bond donors (Lipinski definition) is 4. The van der Waals surface area contributed by atoms with Crippen molar-refractivity contribution in [1.29, 1.82) is 10.8 Å². The number of hydrogen-bond acceptors (Lipinski definition) is 6. The zero-order valence-corrected chi connectivity index (χ0v) is 14.7. The van der Waals surface area contributed by atoms with E-state index in [-0.39, 0.29) is 10.3 Å². The molecule has 0 fully saturated rings. The minimum absolute atomic E-state index is 0.105. The number of aryl methyl sites for hydroxylation is 1. The van der Waals surface area contributed by atoms with Gasteiger partial charge in [0.1, 0.15) is 4.58 Å². The first-order chi connectivity index (χ1) is 10.2. The number of amidine groups is 2. The second-order valence-electron chi connectivity index (χ2n) is 4.72. The van der Waals surface area contributed by atoms with Crippen LogP contribution in [0.5, 0.6) is 0 Å². The van der Waals surface area contributed by atoms with Crippen molar-refractivity contribution in [3.63, 3.8) is 0 Å². The molecule has 6 nitrogen and oxygen atoms in total. The maximum absolute atomic E-state index is 11.7. The van der Waals surface area contributed by atoms with Crippen LogP contribution >= 0.6 is 23.5 Å². The van der Waals surface area contributed by atoms with Gasteiger partial charge in [-0.05, 0) is 24.0 Å². The molecule has 0 unspecified atom stereocenters. The van der Waals surface area contributed by atoms with Crippen LogP contribution in [-0.2, 0) is 22.7 Å². The molecule has 0 saturated heterocycles. The lowest BCUT2D eigenvalue weighted by Gasteiger charge is -2.14. The molecule has 0 aliphatic rings. The summed E-state index contributed by atoms with van der Waals surface area (Å²) in [5.41, 5.74) is 12.6. The molecule has 0 aliphatic heterocycles. The van der Waals surface area contributed by atoms with Gasteiger partial charge in [-0.2, -0.15) is 0 Å². The lowest BCUT2D eigenvalue weighted by atomic mass is 10.1. The minimum atomic E-state index is -3.29. The Hall–Kier alpha value is -1.19. The predicted molar refractivity (Wildman–Crippen MR) is 96.4 cm³/mol. The van der Waals surface area contributed by atoms with E-state index in [2.05, 4.69) is 0 Å². The number of sulfone groups is 1. The van der Waals surface area contributed by atoms with Crippen molar-refractivity contribution in [3.05, 3.63) is 35.4 Å². The van der Waals surface area contributed by atoms with E-state index in [0.29, 0.717) is 6.42 Å². The highest BCUT2D eigenvalue weighted by atomic mass is 32.3. The lowest BCUT2D eigenvalue weighted by molar-refractivity contribution is 0.598. The van der Waals surface area contributed by atoms with Crippen LogP contribution in [0.3, 0.4) is 0 Å². The van der Waals surface area contributed by atoms with Gasteiger partial charge in [-0.1, -0.05) is 47.8 Å². The summed E-state index contributed by atoms with van der Waals surface area (Å²) in [5.74, 6) is 0.737. The summed E-state index contributed by atoms with van der Waals surface area (Å²) >= 11 is 2.15. The average molecular weight is 361 g/mol. The molecule has 1 atom stereocenters. The minimum Gasteiger partial charge on any atom is -0.379 e. The second-order valence-corrected chi connectivity index (χ2v) is 9.63. The Kier molecular flexibility index (Phi) is 7.24. The Balaban J connectivity index is 2.68. The van der Waals surface area contributed by atoms with E-state index in [1.54, 1.807) is 0 Å². The fourth-order valence-corrected chi connectivity index (χ4v) is 4.36. The van der Waals surface area contributed by atoms with E-state index >= 15 is 0 Å². The van der Waals surface area contributed by atoms with E-state index in [4.69, 9.17) is 22.3 Å². The fraction of sp³-hybridized carbons (Fsp3) is 0.385. The van der Waals surface area contributed by atoms with Crippen LogP contribution < -0.4 is 11.5 Å². The van der Waals surface area contributed by atoms with Crippen LogP contribution in [-0.4, -0.2) is 35.3 Å². The highest BCUT2D eigenvalue weighted by molar-refractivity contribution is 8.22. The van der Waals surface area contributed by atoms with E-state index < -0.39 is 14.4 Å². The first kappa shape index (κ1) is 18.9. The first-order valence-electron chi connectivity index (χ1n) is 6.42. The second kappa shape index (κ2) is 8.44. The number of benzene rings is 1. The van der Waals surface area contributed by atoms with Gasteiger partial charge in [0.05, 0.1) is 0 Å². The van der Waals surface area contributed by atoms with Crippen LogP contribution in [0.25, 0.3) is 0 Å². The van der Waals surface area contributed by atoms with Crippen LogP contribution in [0.4, 0.5) is 0 Å². The normalized spacial score (nSPS) is 12.8. The summed E-state index contributed by atoms with van der Waals surface area (Å²) in [6.07, 6.45) is 2.26. The molecular weight excluding hydrogens is 340 g/mol. The lowest BCUT2D eigenvalue weighted by Crippen LogP contribution is -2.23. The molecule has 122 valence electrons. The van der Waals surface area contributed by atoms with E-state index in [1.165, 1.54) is 11.8 Å². The van der Waals surface area contributed by atoms with Crippen molar-refractivity contribution < 1.29 is 8.42 Å². The SMILES string of the molecule is CS(=O)(=O)[C@H](Cc1ccc(CCSC(=N)N)cc1)SC(=N)N. The molecule has 1 rings (SSSR count). The molecule has 6 N–H and O–H groups in total. The number of thioether (sulfide) groups is 2. The zero-order valence-electron chi connectivity index (χ0n) is 12.2.